The molecule has 1 heterocycles. The summed E-state index contributed by atoms with van der Waals surface area (Å²) >= 11 is 5.91. The van der Waals surface area contributed by atoms with Crippen LogP contribution in [0.4, 0.5) is 4.39 Å². The summed E-state index contributed by atoms with van der Waals surface area (Å²) < 4.78 is 19.7. The first kappa shape index (κ1) is 15.5. The Balaban J connectivity index is 2.57. The van der Waals surface area contributed by atoms with E-state index in [1.54, 1.807) is 6.07 Å². The van der Waals surface area contributed by atoms with Crippen molar-refractivity contribution in [3.63, 3.8) is 0 Å². The van der Waals surface area contributed by atoms with Crippen molar-refractivity contribution in [2.45, 2.75) is 13.0 Å². The number of nitrogens with one attached hydrogen (secondary N) is 1. The summed E-state index contributed by atoms with van der Waals surface area (Å²) in [6.45, 7) is 0.574. The molecular weight excluding hydrogens is 299 g/mol. The molecule has 2 rings (SSSR count). The molecule has 1 aromatic carbocycles. The Morgan fingerprint density at radius 2 is 2.05 bits per heavy atom. The summed E-state index contributed by atoms with van der Waals surface area (Å²) in [6.07, 6.45) is 0.484. The van der Waals surface area contributed by atoms with Crippen LogP contribution in [0.5, 0.6) is 0 Å². The van der Waals surface area contributed by atoms with Gasteiger partial charge in [0.1, 0.15) is 11.0 Å². The van der Waals surface area contributed by atoms with Crippen LogP contribution < -0.4 is 11.2 Å². The summed E-state index contributed by atoms with van der Waals surface area (Å²) in [5.41, 5.74) is -1.23. The molecule has 5 nitrogen and oxygen atoms in total. The normalized spacial score (nSPS) is 10.8. The van der Waals surface area contributed by atoms with Gasteiger partial charge in [-0.2, -0.15) is 0 Å². The molecule has 2 aromatic rings. The van der Waals surface area contributed by atoms with Gasteiger partial charge in [0, 0.05) is 25.8 Å². The second-order valence-electron chi connectivity index (χ2n) is 4.40. The maximum Gasteiger partial charge on any atom is 0.329 e. The van der Waals surface area contributed by atoms with E-state index in [2.05, 4.69) is 4.98 Å². The lowest BCUT2D eigenvalue weighted by molar-refractivity contribution is 0.189. The fourth-order valence-corrected chi connectivity index (χ4v) is 2.28. The number of hydrogen-bond donors (Lipinski definition) is 1. The smallest absolute Gasteiger partial charge is 0.329 e. The zero-order valence-corrected chi connectivity index (χ0v) is 12.1. The van der Waals surface area contributed by atoms with Crippen molar-refractivity contribution in [3.8, 4) is 11.1 Å². The standard InChI is InChI=1S/C14H14ClFN2O3/c1-21-8-4-7-18-13(19)11(12(15)17-14(18)20)9-5-2-3-6-10(9)16/h2-3,5-6H,4,7-8H2,1H3,(H,17,20). The molecule has 0 saturated heterocycles. The third-order valence-corrected chi connectivity index (χ3v) is 3.30. The molecule has 21 heavy (non-hydrogen) atoms. The molecule has 0 aliphatic carbocycles. The van der Waals surface area contributed by atoms with Crippen molar-refractivity contribution in [1.82, 2.24) is 9.55 Å². The van der Waals surface area contributed by atoms with Crippen molar-refractivity contribution in [3.05, 3.63) is 56.1 Å². The molecule has 0 saturated carbocycles. The first-order chi connectivity index (χ1) is 10.1. The lowest BCUT2D eigenvalue weighted by Crippen LogP contribution is -2.36. The minimum absolute atomic E-state index is 0.0493. The molecule has 1 aromatic heterocycles. The second kappa shape index (κ2) is 6.69. The van der Waals surface area contributed by atoms with Crippen LogP contribution in [0.1, 0.15) is 6.42 Å². The number of H-pyrrole nitrogens is 1. The number of aromatic nitrogens is 2. The average molecular weight is 313 g/mol. The van der Waals surface area contributed by atoms with Crippen molar-refractivity contribution >= 4 is 11.6 Å². The van der Waals surface area contributed by atoms with Crippen LogP contribution >= 0.6 is 11.6 Å². The van der Waals surface area contributed by atoms with Crippen molar-refractivity contribution < 1.29 is 9.13 Å². The molecular formula is C14H14ClFN2O3. The Hall–Kier alpha value is -1.92. The van der Waals surface area contributed by atoms with Crippen LogP contribution in [0.25, 0.3) is 11.1 Å². The number of hydrogen-bond acceptors (Lipinski definition) is 3. The zero-order chi connectivity index (χ0) is 15.4. The lowest BCUT2D eigenvalue weighted by Gasteiger charge is -2.09. The molecule has 0 unspecified atom stereocenters. The molecule has 0 atom stereocenters. The molecule has 0 spiro atoms. The van der Waals surface area contributed by atoms with E-state index >= 15 is 0 Å². The van der Waals surface area contributed by atoms with E-state index in [-0.39, 0.29) is 22.8 Å². The Morgan fingerprint density at radius 3 is 2.71 bits per heavy atom. The Bertz CT molecular complexity index is 755. The number of benzene rings is 1. The van der Waals surface area contributed by atoms with Crippen molar-refractivity contribution in [2.24, 2.45) is 0 Å². The third-order valence-electron chi connectivity index (χ3n) is 3.01. The molecule has 0 aliphatic heterocycles. The average Bonchev–Trinajstić information content (AvgIpc) is 2.44. The highest BCUT2D eigenvalue weighted by Crippen LogP contribution is 2.24. The predicted molar refractivity (Wildman–Crippen MR) is 78.2 cm³/mol. The number of aromatic amines is 1. The molecule has 0 amide bonds. The maximum absolute atomic E-state index is 13.9. The van der Waals surface area contributed by atoms with Crippen LogP contribution in [0.3, 0.4) is 0 Å². The maximum atomic E-state index is 13.9. The van der Waals surface area contributed by atoms with Gasteiger partial charge in [0.15, 0.2) is 0 Å². The Kier molecular flexibility index (Phi) is 4.93. The summed E-state index contributed by atoms with van der Waals surface area (Å²) in [7, 11) is 1.53. The fraction of sp³-hybridized carbons (Fsp3) is 0.286. The summed E-state index contributed by atoms with van der Waals surface area (Å²) in [5.74, 6) is -0.577. The Morgan fingerprint density at radius 1 is 1.33 bits per heavy atom. The summed E-state index contributed by atoms with van der Waals surface area (Å²) in [5, 5.41) is -0.168. The van der Waals surface area contributed by atoms with E-state index in [0.717, 1.165) is 4.57 Å². The molecule has 1 N–H and O–H groups in total. The van der Waals surface area contributed by atoms with Crippen molar-refractivity contribution in [2.75, 3.05) is 13.7 Å². The van der Waals surface area contributed by atoms with Gasteiger partial charge in [-0.1, -0.05) is 29.8 Å². The number of nitrogens with zero attached hydrogens (tertiary/aromatic N) is 1. The second-order valence-corrected chi connectivity index (χ2v) is 4.78. The predicted octanol–water partition coefficient (Wildman–Crippen LogP) is 2.03. The lowest BCUT2D eigenvalue weighted by atomic mass is 10.1. The van der Waals surface area contributed by atoms with Crippen molar-refractivity contribution in [1.29, 1.82) is 0 Å². The molecule has 112 valence electrons. The highest BCUT2D eigenvalue weighted by atomic mass is 35.5. The SMILES string of the molecule is COCCCn1c(=O)[nH]c(Cl)c(-c2ccccc2F)c1=O. The molecule has 0 radical (unpaired) electrons. The number of rotatable bonds is 5. The minimum Gasteiger partial charge on any atom is -0.385 e. The monoisotopic (exact) mass is 312 g/mol. The largest absolute Gasteiger partial charge is 0.385 e. The Labute approximate surface area is 125 Å². The third kappa shape index (κ3) is 3.22. The van der Waals surface area contributed by atoms with Crippen LogP contribution in [0.2, 0.25) is 5.15 Å². The first-order valence-electron chi connectivity index (χ1n) is 6.32. The van der Waals surface area contributed by atoms with Crippen LogP contribution in [0.15, 0.2) is 33.9 Å². The molecule has 0 aliphatic rings. The minimum atomic E-state index is -0.624. The van der Waals surface area contributed by atoms with Gasteiger partial charge in [-0.25, -0.2) is 9.18 Å². The van der Waals surface area contributed by atoms with Gasteiger partial charge in [-0.05, 0) is 12.5 Å². The summed E-state index contributed by atoms with van der Waals surface area (Å²) in [6, 6.07) is 5.77. The van der Waals surface area contributed by atoms with Gasteiger partial charge >= 0.3 is 5.69 Å². The van der Waals surface area contributed by atoms with E-state index in [0.29, 0.717) is 13.0 Å². The number of halogens is 2. The highest BCUT2D eigenvalue weighted by molar-refractivity contribution is 6.32. The van der Waals surface area contributed by atoms with E-state index in [1.165, 1.54) is 25.3 Å². The van der Waals surface area contributed by atoms with Crippen LogP contribution in [0, 0.1) is 5.82 Å². The zero-order valence-electron chi connectivity index (χ0n) is 11.4. The van der Waals surface area contributed by atoms with E-state index < -0.39 is 17.1 Å². The van der Waals surface area contributed by atoms with E-state index in [4.69, 9.17) is 16.3 Å². The van der Waals surface area contributed by atoms with Gasteiger partial charge < -0.3 is 4.74 Å². The number of ether oxygens (including phenoxy) is 1. The van der Waals surface area contributed by atoms with Gasteiger partial charge in [-0.3, -0.25) is 14.3 Å². The van der Waals surface area contributed by atoms with Gasteiger partial charge in [0.2, 0.25) is 0 Å². The van der Waals surface area contributed by atoms with E-state index in [9.17, 15) is 14.0 Å². The van der Waals surface area contributed by atoms with Gasteiger partial charge in [0.25, 0.3) is 5.56 Å². The topological polar surface area (TPSA) is 64.1 Å². The summed E-state index contributed by atoms with van der Waals surface area (Å²) in [4.78, 5) is 26.6. The molecule has 7 heteroatoms. The van der Waals surface area contributed by atoms with Gasteiger partial charge in [0.05, 0.1) is 5.56 Å². The quantitative estimate of drug-likeness (QED) is 0.678. The van der Waals surface area contributed by atoms with Gasteiger partial charge in [-0.15, -0.1) is 0 Å². The fourth-order valence-electron chi connectivity index (χ4n) is 2.01. The van der Waals surface area contributed by atoms with E-state index in [1.807, 2.05) is 0 Å². The van der Waals surface area contributed by atoms with Crippen LogP contribution in [-0.4, -0.2) is 23.3 Å². The number of methoxy groups -OCH3 is 1. The molecule has 0 fully saturated rings. The first-order valence-corrected chi connectivity index (χ1v) is 6.70. The van der Waals surface area contributed by atoms with Crippen LogP contribution in [-0.2, 0) is 11.3 Å². The highest BCUT2D eigenvalue weighted by Gasteiger charge is 2.17. The molecule has 0 bridgehead atoms.